The topological polar surface area (TPSA) is 37.3 Å². The molecule has 0 amide bonds. The second-order valence-electron chi connectivity index (χ2n) is 4.11. The van der Waals surface area contributed by atoms with Crippen molar-refractivity contribution in [3.05, 3.63) is 35.5 Å². The van der Waals surface area contributed by atoms with Crippen molar-refractivity contribution in [1.29, 1.82) is 0 Å². The van der Waals surface area contributed by atoms with Crippen LogP contribution in [0.25, 0.3) is 0 Å². The van der Waals surface area contributed by atoms with Crippen LogP contribution in [-0.2, 0) is 4.79 Å². The Balaban J connectivity index is 2.42. The summed E-state index contributed by atoms with van der Waals surface area (Å²) in [5, 5.41) is 9.78. The van der Waals surface area contributed by atoms with Gasteiger partial charge in [0.05, 0.1) is 5.60 Å². The van der Waals surface area contributed by atoms with Gasteiger partial charge in [-0.2, -0.15) is 0 Å². The maximum Gasteiger partial charge on any atom is 0.163 e. The zero-order chi connectivity index (χ0) is 10.2. The van der Waals surface area contributed by atoms with Gasteiger partial charge in [-0.3, -0.25) is 4.79 Å². The van der Waals surface area contributed by atoms with Gasteiger partial charge in [0.15, 0.2) is 5.78 Å². The Kier molecular flexibility index (Phi) is 2.16. The van der Waals surface area contributed by atoms with Gasteiger partial charge in [-0.05, 0) is 37.5 Å². The second-order valence-corrected chi connectivity index (χ2v) is 4.11. The molecule has 0 aromatic carbocycles. The lowest BCUT2D eigenvalue weighted by Crippen LogP contribution is -2.15. The molecule has 1 unspecified atom stereocenters. The first kappa shape index (κ1) is 9.41. The van der Waals surface area contributed by atoms with Crippen molar-refractivity contribution in [1.82, 2.24) is 0 Å². The molecule has 1 N–H and O–H groups in total. The number of hydrogen-bond acceptors (Lipinski definition) is 2. The van der Waals surface area contributed by atoms with Crippen LogP contribution >= 0.6 is 0 Å². The molecular formula is C12H14O2. The molecule has 2 aliphatic carbocycles. The quantitative estimate of drug-likeness (QED) is 0.633. The predicted octanol–water partition coefficient (Wildman–Crippen LogP) is 1.91. The summed E-state index contributed by atoms with van der Waals surface area (Å²) in [5.74, 6) is 0.199. The zero-order valence-corrected chi connectivity index (χ0v) is 8.29. The highest BCUT2D eigenvalue weighted by Crippen LogP contribution is 2.27. The van der Waals surface area contributed by atoms with E-state index in [1.54, 1.807) is 25.2 Å². The Morgan fingerprint density at radius 3 is 2.79 bits per heavy atom. The lowest BCUT2D eigenvalue weighted by molar-refractivity contribution is -0.115. The van der Waals surface area contributed by atoms with Crippen LogP contribution in [-0.4, -0.2) is 16.5 Å². The summed E-state index contributed by atoms with van der Waals surface area (Å²) < 4.78 is 0. The number of rotatable bonds is 0. The third kappa shape index (κ3) is 1.70. The van der Waals surface area contributed by atoms with Gasteiger partial charge in [-0.1, -0.05) is 12.2 Å². The average Bonchev–Trinajstić information content (AvgIpc) is 2.27. The Morgan fingerprint density at radius 1 is 1.29 bits per heavy atom. The smallest absolute Gasteiger partial charge is 0.163 e. The summed E-state index contributed by atoms with van der Waals surface area (Å²) >= 11 is 0. The number of ketones is 1. The van der Waals surface area contributed by atoms with E-state index in [0.29, 0.717) is 6.42 Å². The summed E-state index contributed by atoms with van der Waals surface area (Å²) in [7, 11) is 0. The van der Waals surface area contributed by atoms with Crippen LogP contribution in [0.15, 0.2) is 35.5 Å². The third-order valence-corrected chi connectivity index (χ3v) is 2.71. The first-order valence-corrected chi connectivity index (χ1v) is 4.96. The van der Waals surface area contributed by atoms with Crippen molar-refractivity contribution >= 4 is 5.78 Å². The number of aliphatic hydroxyl groups is 1. The largest absolute Gasteiger partial charge is 0.382 e. The van der Waals surface area contributed by atoms with Crippen LogP contribution < -0.4 is 0 Å². The van der Waals surface area contributed by atoms with Crippen LogP contribution in [0, 0.1) is 0 Å². The van der Waals surface area contributed by atoms with Gasteiger partial charge in [0.25, 0.3) is 0 Å². The fourth-order valence-corrected chi connectivity index (χ4v) is 1.84. The molecule has 2 heteroatoms. The van der Waals surface area contributed by atoms with E-state index in [4.69, 9.17) is 0 Å². The lowest BCUT2D eigenvalue weighted by atomic mass is 9.91. The van der Waals surface area contributed by atoms with Crippen LogP contribution in [0.2, 0.25) is 0 Å². The summed E-state index contributed by atoms with van der Waals surface area (Å²) in [6.45, 7) is 1.71. The van der Waals surface area contributed by atoms with Gasteiger partial charge in [0, 0.05) is 12.0 Å². The average molecular weight is 190 g/mol. The fourth-order valence-electron chi connectivity index (χ4n) is 1.84. The van der Waals surface area contributed by atoms with Gasteiger partial charge in [-0.25, -0.2) is 0 Å². The van der Waals surface area contributed by atoms with Crippen molar-refractivity contribution in [3.63, 3.8) is 0 Å². The number of hydrogen-bond donors (Lipinski definition) is 1. The number of Topliss-reactive ketones (excluding diaryl/α,β-unsaturated/α-hetero) is 1. The Bertz CT molecular complexity index is 357. The Hall–Kier alpha value is -1.15. The molecule has 0 aromatic rings. The maximum absolute atomic E-state index is 11.6. The number of carbonyl (C=O) groups excluding carboxylic acids is 1. The fraction of sp³-hybridized carbons (Fsp3) is 0.417. The van der Waals surface area contributed by atoms with E-state index < -0.39 is 5.60 Å². The minimum atomic E-state index is -0.919. The molecule has 0 heterocycles. The molecule has 1 atom stereocenters. The third-order valence-electron chi connectivity index (χ3n) is 2.71. The molecule has 0 spiro atoms. The van der Waals surface area contributed by atoms with E-state index in [1.807, 2.05) is 6.08 Å². The monoisotopic (exact) mass is 190 g/mol. The SMILES string of the molecule is CC1(O)C=CC2=C(C=C1)C(=O)CCC2. The first-order chi connectivity index (χ1) is 6.58. The summed E-state index contributed by atoms with van der Waals surface area (Å²) in [4.78, 5) is 11.6. The Morgan fingerprint density at radius 2 is 2.00 bits per heavy atom. The molecule has 14 heavy (non-hydrogen) atoms. The van der Waals surface area contributed by atoms with Crippen molar-refractivity contribution in [2.24, 2.45) is 0 Å². The highest BCUT2D eigenvalue weighted by atomic mass is 16.3. The van der Waals surface area contributed by atoms with E-state index >= 15 is 0 Å². The molecule has 2 nitrogen and oxygen atoms in total. The van der Waals surface area contributed by atoms with Crippen LogP contribution in [0.5, 0.6) is 0 Å². The highest BCUT2D eigenvalue weighted by molar-refractivity contribution is 6.00. The van der Waals surface area contributed by atoms with Gasteiger partial charge < -0.3 is 5.11 Å². The van der Waals surface area contributed by atoms with Crippen LogP contribution in [0.4, 0.5) is 0 Å². The highest BCUT2D eigenvalue weighted by Gasteiger charge is 2.21. The summed E-state index contributed by atoms with van der Waals surface area (Å²) in [6.07, 6.45) is 9.57. The molecule has 74 valence electrons. The molecule has 0 aliphatic heterocycles. The lowest BCUT2D eigenvalue weighted by Gasteiger charge is -2.13. The molecule has 0 saturated heterocycles. The molecule has 2 rings (SSSR count). The van der Waals surface area contributed by atoms with E-state index in [-0.39, 0.29) is 5.78 Å². The van der Waals surface area contributed by atoms with Crippen molar-refractivity contribution in [3.8, 4) is 0 Å². The Labute approximate surface area is 83.6 Å². The zero-order valence-electron chi connectivity index (χ0n) is 8.29. The van der Waals surface area contributed by atoms with Crippen molar-refractivity contribution < 1.29 is 9.90 Å². The molecule has 0 bridgehead atoms. The number of allylic oxidation sites excluding steroid dienone is 4. The van der Waals surface area contributed by atoms with Gasteiger partial charge in [0.1, 0.15) is 0 Å². The minimum Gasteiger partial charge on any atom is -0.382 e. The molecule has 0 radical (unpaired) electrons. The molecule has 0 aromatic heterocycles. The van der Waals surface area contributed by atoms with Crippen LogP contribution in [0.1, 0.15) is 26.2 Å². The first-order valence-electron chi connectivity index (χ1n) is 4.96. The summed E-state index contributed by atoms with van der Waals surface area (Å²) in [6, 6.07) is 0. The number of carbonyl (C=O) groups is 1. The molecule has 0 saturated carbocycles. The van der Waals surface area contributed by atoms with Crippen molar-refractivity contribution in [2.75, 3.05) is 0 Å². The predicted molar refractivity (Wildman–Crippen MR) is 54.8 cm³/mol. The van der Waals surface area contributed by atoms with E-state index in [9.17, 15) is 9.90 Å². The normalized spacial score (nSPS) is 31.7. The minimum absolute atomic E-state index is 0.199. The molecule has 2 aliphatic rings. The van der Waals surface area contributed by atoms with Gasteiger partial charge in [0.2, 0.25) is 0 Å². The van der Waals surface area contributed by atoms with E-state index in [0.717, 1.165) is 24.0 Å². The molecular weight excluding hydrogens is 176 g/mol. The second kappa shape index (κ2) is 3.21. The standard InChI is InChI=1S/C12H14O2/c1-12(14)7-5-9-3-2-4-11(13)10(9)6-8-12/h5-8,14H,2-4H2,1H3. The maximum atomic E-state index is 11.6. The van der Waals surface area contributed by atoms with Gasteiger partial charge in [-0.15, -0.1) is 0 Å². The molecule has 0 fully saturated rings. The van der Waals surface area contributed by atoms with E-state index in [1.165, 1.54) is 0 Å². The van der Waals surface area contributed by atoms with Crippen molar-refractivity contribution in [2.45, 2.75) is 31.8 Å². The van der Waals surface area contributed by atoms with Gasteiger partial charge >= 0.3 is 0 Å². The van der Waals surface area contributed by atoms with Crippen LogP contribution in [0.3, 0.4) is 0 Å². The summed E-state index contributed by atoms with van der Waals surface area (Å²) in [5.41, 5.74) is 0.929. The van der Waals surface area contributed by atoms with E-state index in [2.05, 4.69) is 0 Å².